The summed E-state index contributed by atoms with van der Waals surface area (Å²) in [5.41, 5.74) is 0.330. The van der Waals surface area contributed by atoms with Crippen LogP contribution < -0.4 is 4.74 Å². The molecule has 0 radical (unpaired) electrons. The molecule has 2 aromatic heterocycles. The van der Waals surface area contributed by atoms with Gasteiger partial charge in [0, 0.05) is 12.3 Å². The fourth-order valence-electron chi connectivity index (χ4n) is 1.06. The summed E-state index contributed by atoms with van der Waals surface area (Å²) in [4.78, 5) is 7.88. The van der Waals surface area contributed by atoms with Crippen LogP contribution in [0.3, 0.4) is 0 Å². The third-order valence-corrected chi connectivity index (χ3v) is 1.69. The molecular formula is C11H7N3O. The number of aromatic nitrogens is 2. The molecule has 2 aromatic rings. The maximum atomic E-state index is 8.65. The van der Waals surface area contributed by atoms with Gasteiger partial charge in [0.25, 0.3) is 0 Å². The smallest absolute Gasteiger partial charge is 0.220 e. The van der Waals surface area contributed by atoms with Crippen molar-refractivity contribution in [2.45, 2.75) is 0 Å². The van der Waals surface area contributed by atoms with Gasteiger partial charge < -0.3 is 4.74 Å². The maximum Gasteiger partial charge on any atom is 0.220 e. The highest BCUT2D eigenvalue weighted by Crippen LogP contribution is 2.17. The van der Waals surface area contributed by atoms with Gasteiger partial charge in [-0.25, -0.2) is 4.98 Å². The van der Waals surface area contributed by atoms with Crippen LogP contribution in [0.15, 0.2) is 42.7 Å². The van der Waals surface area contributed by atoms with E-state index in [1.165, 1.54) is 0 Å². The Kier molecular flexibility index (Phi) is 2.56. The summed E-state index contributed by atoms with van der Waals surface area (Å²) in [5, 5.41) is 8.65. The van der Waals surface area contributed by atoms with Gasteiger partial charge in [-0.3, -0.25) is 4.98 Å². The van der Waals surface area contributed by atoms with Crippen LogP contribution in [0.25, 0.3) is 0 Å². The fourth-order valence-corrected chi connectivity index (χ4v) is 1.06. The summed E-state index contributed by atoms with van der Waals surface area (Å²) in [6.07, 6.45) is 3.24. The van der Waals surface area contributed by atoms with Crippen molar-refractivity contribution >= 4 is 0 Å². The molecule has 0 unspecified atom stereocenters. The second-order valence-corrected chi connectivity index (χ2v) is 2.76. The van der Waals surface area contributed by atoms with E-state index in [0.29, 0.717) is 17.3 Å². The van der Waals surface area contributed by atoms with Crippen molar-refractivity contribution in [1.82, 2.24) is 9.97 Å². The van der Waals surface area contributed by atoms with E-state index in [1.54, 1.807) is 42.7 Å². The van der Waals surface area contributed by atoms with Crippen LogP contribution >= 0.6 is 0 Å². The maximum absolute atomic E-state index is 8.65. The molecule has 0 fully saturated rings. The molecule has 0 saturated heterocycles. The van der Waals surface area contributed by atoms with E-state index in [-0.39, 0.29) is 0 Å². The average Bonchev–Trinajstić information content (AvgIpc) is 2.31. The quantitative estimate of drug-likeness (QED) is 0.740. The first-order valence-electron chi connectivity index (χ1n) is 4.33. The third-order valence-electron chi connectivity index (χ3n) is 1.69. The molecule has 15 heavy (non-hydrogen) atoms. The SMILES string of the molecule is N#Cc1cccc(Oc2cccnc2)n1. The highest BCUT2D eigenvalue weighted by Gasteiger charge is 1.99. The molecule has 0 aliphatic carbocycles. The Morgan fingerprint density at radius 2 is 2.13 bits per heavy atom. The molecule has 0 saturated carbocycles. The van der Waals surface area contributed by atoms with E-state index in [0.717, 1.165) is 0 Å². The molecule has 0 aliphatic rings. The number of nitriles is 1. The summed E-state index contributed by atoms with van der Waals surface area (Å²) in [5.74, 6) is 0.988. The summed E-state index contributed by atoms with van der Waals surface area (Å²) in [6, 6.07) is 10.5. The number of rotatable bonds is 2. The second kappa shape index (κ2) is 4.20. The summed E-state index contributed by atoms with van der Waals surface area (Å²) < 4.78 is 5.40. The normalized spacial score (nSPS) is 9.27. The fraction of sp³-hybridized carbons (Fsp3) is 0. The molecule has 0 aliphatic heterocycles. The minimum Gasteiger partial charge on any atom is -0.437 e. The van der Waals surface area contributed by atoms with E-state index in [4.69, 9.17) is 10.00 Å². The van der Waals surface area contributed by atoms with Crippen molar-refractivity contribution in [3.63, 3.8) is 0 Å². The van der Waals surface area contributed by atoms with Gasteiger partial charge in [-0.1, -0.05) is 6.07 Å². The molecule has 0 spiro atoms. The number of hydrogen-bond acceptors (Lipinski definition) is 4. The van der Waals surface area contributed by atoms with Gasteiger partial charge >= 0.3 is 0 Å². The lowest BCUT2D eigenvalue weighted by Gasteiger charge is -2.02. The minimum absolute atomic E-state index is 0.330. The minimum atomic E-state index is 0.330. The molecule has 0 atom stereocenters. The Balaban J connectivity index is 2.22. The van der Waals surface area contributed by atoms with Crippen molar-refractivity contribution in [1.29, 1.82) is 5.26 Å². The van der Waals surface area contributed by atoms with Crippen molar-refractivity contribution < 1.29 is 4.74 Å². The predicted molar refractivity (Wildman–Crippen MR) is 53.3 cm³/mol. The van der Waals surface area contributed by atoms with Gasteiger partial charge in [-0.15, -0.1) is 0 Å². The number of nitrogens with zero attached hydrogens (tertiary/aromatic N) is 3. The molecular weight excluding hydrogens is 190 g/mol. The zero-order chi connectivity index (χ0) is 10.5. The van der Waals surface area contributed by atoms with Crippen LogP contribution in [0.4, 0.5) is 0 Å². The lowest BCUT2D eigenvalue weighted by atomic mass is 10.4. The van der Waals surface area contributed by atoms with Crippen molar-refractivity contribution in [2.24, 2.45) is 0 Å². The molecule has 0 N–H and O–H groups in total. The van der Waals surface area contributed by atoms with E-state index in [2.05, 4.69) is 9.97 Å². The topological polar surface area (TPSA) is 58.8 Å². The van der Waals surface area contributed by atoms with Crippen LogP contribution in [0.2, 0.25) is 0 Å². The van der Waals surface area contributed by atoms with Gasteiger partial charge in [0.1, 0.15) is 17.5 Å². The highest BCUT2D eigenvalue weighted by molar-refractivity contribution is 5.28. The molecule has 4 nitrogen and oxygen atoms in total. The summed E-state index contributed by atoms with van der Waals surface area (Å²) in [7, 11) is 0. The molecule has 0 bridgehead atoms. The van der Waals surface area contributed by atoms with Crippen molar-refractivity contribution in [2.75, 3.05) is 0 Å². The molecule has 0 aromatic carbocycles. The van der Waals surface area contributed by atoms with Gasteiger partial charge in [0.2, 0.25) is 5.88 Å². The van der Waals surface area contributed by atoms with E-state index in [9.17, 15) is 0 Å². The zero-order valence-corrected chi connectivity index (χ0v) is 7.79. The van der Waals surface area contributed by atoms with E-state index < -0.39 is 0 Å². The lowest BCUT2D eigenvalue weighted by Crippen LogP contribution is -1.89. The first-order chi connectivity index (χ1) is 7.38. The van der Waals surface area contributed by atoms with Gasteiger partial charge in [0.15, 0.2) is 0 Å². The van der Waals surface area contributed by atoms with Gasteiger partial charge in [-0.2, -0.15) is 5.26 Å². The first kappa shape index (κ1) is 9.16. The number of ether oxygens (including phenoxy) is 1. The molecule has 2 rings (SSSR count). The summed E-state index contributed by atoms with van der Waals surface area (Å²) in [6.45, 7) is 0. The number of hydrogen-bond donors (Lipinski definition) is 0. The van der Waals surface area contributed by atoms with E-state index in [1.807, 2.05) is 6.07 Å². The van der Waals surface area contributed by atoms with E-state index >= 15 is 0 Å². The molecule has 72 valence electrons. The molecule has 0 amide bonds. The van der Waals surface area contributed by atoms with Crippen LogP contribution in [-0.4, -0.2) is 9.97 Å². The lowest BCUT2D eigenvalue weighted by molar-refractivity contribution is 0.460. The van der Waals surface area contributed by atoms with Crippen LogP contribution in [0.5, 0.6) is 11.6 Å². The highest BCUT2D eigenvalue weighted by atomic mass is 16.5. The molecule has 4 heteroatoms. The Hall–Kier alpha value is -2.41. The molecule has 2 heterocycles. The Morgan fingerprint density at radius 3 is 2.87 bits per heavy atom. The average molecular weight is 197 g/mol. The van der Waals surface area contributed by atoms with Gasteiger partial charge in [-0.05, 0) is 18.2 Å². The monoisotopic (exact) mass is 197 g/mol. The standard InChI is InChI=1S/C11H7N3O/c12-7-9-3-1-5-11(14-9)15-10-4-2-6-13-8-10/h1-6,8H. The zero-order valence-electron chi connectivity index (χ0n) is 7.79. The summed E-state index contributed by atoms with van der Waals surface area (Å²) >= 11 is 0. The largest absolute Gasteiger partial charge is 0.437 e. The second-order valence-electron chi connectivity index (χ2n) is 2.76. The first-order valence-corrected chi connectivity index (χ1v) is 4.33. The Bertz CT molecular complexity index is 491. The predicted octanol–water partition coefficient (Wildman–Crippen LogP) is 2.14. The van der Waals surface area contributed by atoms with Crippen LogP contribution in [-0.2, 0) is 0 Å². The van der Waals surface area contributed by atoms with Crippen LogP contribution in [0.1, 0.15) is 5.69 Å². The van der Waals surface area contributed by atoms with Crippen LogP contribution in [0, 0.1) is 11.3 Å². The van der Waals surface area contributed by atoms with Gasteiger partial charge in [0.05, 0.1) is 6.20 Å². The Morgan fingerprint density at radius 1 is 1.20 bits per heavy atom. The van der Waals surface area contributed by atoms with Crippen molar-refractivity contribution in [3.05, 3.63) is 48.4 Å². The van der Waals surface area contributed by atoms with Crippen molar-refractivity contribution in [3.8, 4) is 17.7 Å². The third kappa shape index (κ3) is 2.29. The number of pyridine rings is 2. The Labute approximate surface area is 86.8 Å².